The Kier molecular flexibility index (Phi) is 3.13. The third-order valence-electron chi connectivity index (χ3n) is 3.14. The first kappa shape index (κ1) is 12.0. The smallest absolute Gasteiger partial charge is 0.163 e. The zero-order valence-corrected chi connectivity index (χ0v) is 10.9. The fraction of sp³-hybridized carbons (Fsp3) is 0.357. The molecule has 0 saturated carbocycles. The molecule has 0 bridgehead atoms. The maximum atomic E-state index is 5.94. The minimum Gasteiger partial charge on any atom is -0.490 e. The van der Waals surface area contributed by atoms with Gasteiger partial charge in [0.1, 0.15) is 0 Å². The third kappa shape index (κ3) is 2.29. The molecule has 0 aliphatic carbocycles. The predicted octanol–water partition coefficient (Wildman–Crippen LogP) is 2.05. The molecule has 2 heterocycles. The number of hydrogen-bond acceptors (Lipinski definition) is 4. The highest BCUT2D eigenvalue weighted by Crippen LogP contribution is 2.32. The molecule has 2 N–H and O–H groups in total. The topological polar surface area (TPSA) is 62.3 Å². The van der Waals surface area contributed by atoms with Crippen LogP contribution in [0, 0.1) is 0 Å². The average molecular weight is 259 g/mol. The Bertz CT molecular complexity index is 578. The van der Waals surface area contributed by atoms with Crippen LogP contribution in [0.1, 0.15) is 25.1 Å². The molecular formula is C14H17N3O2. The van der Waals surface area contributed by atoms with Crippen molar-refractivity contribution >= 4 is 0 Å². The molecule has 5 nitrogen and oxygen atoms in total. The monoisotopic (exact) mass is 259 g/mol. The first-order chi connectivity index (χ1) is 9.25. The van der Waals surface area contributed by atoms with Gasteiger partial charge in [-0.25, -0.2) is 4.98 Å². The van der Waals surface area contributed by atoms with Gasteiger partial charge in [-0.2, -0.15) is 0 Å². The van der Waals surface area contributed by atoms with Crippen LogP contribution in [0.5, 0.6) is 11.5 Å². The summed E-state index contributed by atoms with van der Waals surface area (Å²) in [6.07, 6.45) is 4.45. The summed E-state index contributed by atoms with van der Waals surface area (Å²) in [7, 11) is 0. The Labute approximate surface area is 112 Å². The van der Waals surface area contributed by atoms with E-state index in [-0.39, 0.29) is 6.04 Å². The number of benzene rings is 1. The maximum Gasteiger partial charge on any atom is 0.163 e. The number of fused-ring (bicyclic) bond motifs is 1. The lowest BCUT2D eigenvalue weighted by atomic mass is 10.2. The first-order valence-electron chi connectivity index (χ1n) is 6.43. The van der Waals surface area contributed by atoms with E-state index in [9.17, 15) is 0 Å². The molecule has 5 heteroatoms. The standard InChI is InChI=1S/C14H17N3O2/c1-10(15)12-8-16-9-17(12)11-3-4-13-14(7-11)19-6-2-5-18-13/h3-4,7-10H,2,5-6,15H2,1H3. The van der Waals surface area contributed by atoms with Gasteiger partial charge >= 0.3 is 0 Å². The molecule has 0 fully saturated rings. The van der Waals surface area contributed by atoms with Gasteiger partial charge in [-0.1, -0.05) is 0 Å². The fourth-order valence-corrected chi connectivity index (χ4v) is 2.16. The van der Waals surface area contributed by atoms with Gasteiger partial charge in [0.25, 0.3) is 0 Å². The summed E-state index contributed by atoms with van der Waals surface area (Å²) < 4.78 is 13.3. The molecule has 2 aromatic rings. The summed E-state index contributed by atoms with van der Waals surface area (Å²) in [4.78, 5) is 4.16. The van der Waals surface area contributed by atoms with Crippen molar-refractivity contribution in [2.24, 2.45) is 5.73 Å². The van der Waals surface area contributed by atoms with Crippen molar-refractivity contribution in [3.8, 4) is 17.2 Å². The molecule has 1 unspecified atom stereocenters. The predicted molar refractivity (Wildman–Crippen MR) is 71.8 cm³/mol. The fourth-order valence-electron chi connectivity index (χ4n) is 2.16. The Hall–Kier alpha value is -2.01. The van der Waals surface area contributed by atoms with Gasteiger partial charge in [0.05, 0.1) is 37.1 Å². The van der Waals surface area contributed by atoms with Crippen molar-refractivity contribution in [2.45, 2.75) is 19.4 Å². The Balaban J connectivity index is 2.01. The van der Waals surface area contributed by atoms with Crippen molar-refractivity contribution < 1.29 is 9.47 Å². The van der Waals surface area contributed by atoms with Crippen molar-refractivity contribution in [3.05, 3.63) is 36.4 Å². The van der Waals surface area contributed by atoms with Gasteiger partial charge in [0, 0.05) is 18.5 Å². The molecule has 19 heavy (non-hydrogen) atoms. The molecular weight excluding hydrogens is 242 g/mol. The van der Waals surface area contributed by atoms with Gasteiger partial charge in [-0.05, 0) is 19.1 Å². The average Bonchev–Trinajstić information content (AvgIpc) is 2.78. The van der Waals surface area contributed by atoms with Crippen LogP contribution < -0.4 is 15.2 Å². The molecule has 1 aliphatic heterocycles. The second kappa shape index (κ2) is 4.93. The highest BCUT2D eigenvalue weighted by atomic mass is 16.5. The Morgan fingerprint density at radius 3 is 2.84 bits per heavy atom. The Morgan fingerprint density at radius 2 is 2.05 bits per heavy atom. The largest absolute Gasteiger partial charge is 0.490 e. The zero-order chi connectivity index (χ0) is 13.2. The number of hydrogen-bond donors (Lipinski definition) is 1. The lowest BCUT2D eigenvalue weighted by molar-refractivity contribution is 0.297. The number of nitrogens with zero attached hydrogens (tertiary/aromatic N) is 2. The van der Waals surface area contributed by atoms with Crippen LogP contribution in [-0.2, 0) is 0 Å². The summed E-state index contributed by atoms with van der Waals surface area (Å²) in [6, 6.07) is 5.81. The summed E-state index contributed by atoms with van der Waals surface area (Å²) in [5, 5.41) is 0. The molecule has 3 rings (SSSR count). The van der Waals surface area contributed by atoms with Gasteiger partial charge in [0.2, 0.25) is 0 Å². The van der Waals surface area contributed by atoms with Crippen LogP contribution in [0.15, 0.2) is 30.7 Å². The van der Waals surface area contributed by atoms with E-state index in [1.54, 1.807) is 12.5 Å². The third-order valence-corrected chi connectivity index (χ3v) is 3.14. The van der Waals surface area contributed by atoms with E-state index in [0.29, 0.717) is 13.2 Å². The molecule has 100 valence electrons. The van der Waals surface area contributed by atoms with Crippen LogP contribution in [-0.4, -0.2) is 22.8 Å². The molecule has 0 saturated heterocycles. The van der Waals surface area contributed by atoms with E-state index in [1.807, 2.05) is 29.7 Å². The Morgan fingerprint density at radius 1 is 1.26 bits per heavy atom. The van der Waals surface area contributed by atoms with Crippen LogP contribution in [0.25, 0.3) is 5.69 Å². The highest BCUT2D eigenvalue weighted by molar-refractivity contribution is 5.49. The van der Waals surface area contributed by atoms with Crippen LogP contribution in [0.2, 0.25) is 0 Å². The lowest BCUT2D eigenvalue weighted by Gasteiger charge is -2.13. The maximum absolute atomic E-state index is 5.94. The number of ether oxygens (including phenoxy) is 2. The van der Waals surface area contributed by atoms with Gasteiger partial charge in [-0.15, -0.1) is 0 Å². The SMILES string of the molecule is CC(N)c1cncn1-c1ccc2c(c1)OCCCO2. The summed E-state index contributed by atoms with van der Waals surface area (Å²) in [5.74, 6) is 1.57. The van der Waals surface area contributed by atoms with Gasteiger partial charge in [0.15, 0.2) is 11.5 Å². The normalized spacial score (nSPS) is 15.9. The van der Waals surface area contributed by atoms with Gasteiger partial charge in [-0.3, -0.25) is 0 Å². The van der Waals surface area contributed by atoms with Crippen molar-refractivity contribution in [2.75, 3.05) is 13.2 Å². The number of aromatic nitrogens is 2. The molecule has 1 aromatic heterocycles. The molecule has 1 atom stereocenters. The van der Waals surface area contributed by atoms with Crippen LogP contribution in [0.3, 0.4) is 0 Å². The van der Waals surface area contributed by atoms with E-state index in [1.165, 1.54) is 0 Å². The summed E-state index contributed by atoms with van der Waals surface area (Å²) in [5.41, 5.74) is 7.89. The molecule has 1 aliphatic rings. The van der Waals surface area contributed by atoms with E-state index < -0.39 is 0 Å². The van der Waals surface area contributed by atoms with E-state index in [0.717, 1.165) is 29.3 Å². The van der Waals surface area contributed by atoms with Crippen LogP contribution >= 0.6 is 0 Å². The highest BCUT2D eigenvalue weighted by Gasteiger charge is 2.13. The summed E-state index contributed by atoms with van der Waals surface area (Å²) in [6.45, 7) is 3.32. The van der Waals surface area contributed by atoms with E-state index >= 15 is 0 Å². The number of nitrogens with two attached hydrogens (primary N) is 1. The van der Waals surface area contributed by atoms with Crippen molar-refractivity contribution in [1.82, 2.24) is 9.55 Å². The van der Waals surface area contributed by atoms with Crippen LogP contribution in [0.4, 0.5) is 0 Å². The number of rotatable bonds is 2. The molecule has 0 radical (unpaired) electrons. The minimum absolute atomic E-state index is 0.0709. The quantitative estimate of drug-likeness (QED) is 0.896. The molecule has 0 spiro atoms. The minimum atomic E-state index is -0.0709. The van der Waals surface area contributed by atoms with Gasteiger partial charge < -0.3 is 19.8 Å². The summed E-state index contributed by atoms with van der Waals surface area (Å²) >= 11 is 0. The van der Waals surface area contributed by atoms with E-state index in [4.69, 9.17) is 15.2 Å². The molecule has 1 aromatic carbocycles. The number of imidazole rings is 1. The van der Waals surface area contributed by atoms with E-state index in [2.05, 4.69) is 4.98 Å². The zero-order valence-electron chi connectivity index (χ0n) is 10.9. The first-order valence-corrected chi connectivity index (χ1v) is 6.43. The van der Waals surface area contributed by atoms with Crippen molar-refractivity contribution in [1.29, 1.82) is 0 Å². The van der Waals surface area contributed by atoms with Crippen molar-refractivity contribution in [3.63, 3.8) is 0 Å². The second-order valence-corrected chi connectivity index (χ2v) is 4.66. The second-order valence-electron chi connectivity index (χ2n) is 4.66. The molecule has 0 amide bonds. The lowest BCUT2D eigenvalue weighted by Crippen LogP contribution is -2.10.